The van der Waals surface area contributed by atoms with E-state index in [1.165, 1.54) is 35.4 Å². The standard InChI is InChI=1S/C29H25F4N5O3/c30-22-9-5-4-8-20(22)26(39)28(41)38-14-12-37(13-15-38)24-11-10-19(17-34-24)35-27(40)25-21(29(31,32)33)16-23(36-25)18-6-2-1-3-7-18/h1-11,16-17,26,36,39H,12-15H2,(H,35,40). The average Bonchev–Trinajstić information content (AvgIpc) is 3.45. The van der Waals surface area contributed by atoms with Gasteiger partial charge in [0.2, 0.25) is 0 Å². The number of hydrogen-bond donors (Lipinski definition) is 3. The Kier molecular flexibility index (Phi) is 7.75. The molecule has 2 aromatic heterocycles. The molecule has 41 heavy (non-hydrogen) atoms. The Bertz CT molecular complexity index is 1530. The molecule has 0 aliphatic carbocycles. The fourth-order valence-electron chi connectivity index (χ4n) is 4.63. The van der Waals surface area contributed by atoms with Crippen LogP contribution < -0.4 is 10.2 Å². The van der Waals surface area contributed by atoms with Crippen LogP contribution in [-0.4, -0.2) is 58.0 Å². The molecule has 2 amide bonds. The van der Waals surface area contributed by atoms with Crippen molar-refractivity contribution in [3.05, 3.63) is 102 Å². The highest BCUT2D eigenvalue weighted by Gasteiger charge is 2.37. The number of hydrogen-bond acceptors (Lipinski definition) is 5. The molecule has 2 aromatic carbocycles. The lowest BCUT2D eigenvalue weighted by Gasteiger charge is -2.36. The number of aromatic nitrogens is 2. The number of carbonyl (C=O) groups is 2. The maximum absolute atomic E-state index is 14.0. The lowest BCUT2D eigenvalue weighted by molar-refractivity contribution is -0.141. The third-order valence-corrected chi connectivity index (χ3v) is 6.79. The minimum Gasteiger partial charge on any atom is -0.378 e. The summed E-state index contributed by atoms with van der Waals surface area (Å²) in [5.74, 6) is -1.69. The third kappa shape index (κ3) is 6.07. The SMILES string of the molecule is O=C(Nc1ccc(N2CCN(C(=O)C(O)c3ccccc3F)CC2)nc1)c1[nH]c(-c2ccccc2)cc1C(F)(F)F. The van der Waals surface area contributed by atoms with Gasteiger partial charge in [0, 0.05) is 37.4 Å². The number of aliphatic hydroxyl groups is 1. The third-order valence-electron chi connectivity index (χ3n) is 6.79. The second kappa shape index (κ2) is 11.4. The van der Waals surface area contributed by atoms with Gasteiger partial charge in [0.05, 0.1) is 17.4 Å². The predicted molar refractivity (Wildman–Crippen MR) is 144 cm³/mol. The summed E-state index contributed by atoms with van der Waals surface area (Å²) in [6.45, 7) is 1.30. The summed E-state index contributed by atoms with van der Waals surface area (Å²) in [5, 5.41) is 12.8. The Morgan fingerprint density at radius 1 is 0.951 bits per heavy atom. The number of halogens is 4. The van der Waals surface area contributed by atoms with E-state index >= 15 is 0 Å². The van der Waals surface area contributed by atoms with Gasteiger partial charge in [-0.25, -0.2) is 9.37 Å². The number of aromatic amines is 1. The first-order chi connectivity index (χ1) is 19.6. The number of pyridine rings is 1. The summed E-state index contributed by atoms with van der Waals surface area (Å²) >= 11 is 0. The zero-order chi connectivity index (χ0) is 29.1. The molecule has 3 N–H and O–H groups in total. The number of anilines is 2. The van der Waals surface area contributed by atoms with Gasteiger partial charge in [0.1, 0.15) is 17.3 Å². The van der Waals surface area contributed by atoms with Crippen molar-refractivity contribution in [3.63, 3.8) is 0 Å². The van der Waals surface area contributed by atoms with Crippen LogP contribution in [0.2, 0.25) is 0 Å². The molecule has 1 fully saturated rings. The van der Waals surface area contributed by atoms with E-state index in [1.54, 1.807) is 42.5 Å². The molecule has 8 nitrogen and oxygen atoms in total. The highest BCUT2D eigenvalue weighted by Crippen LogP contribution is 2.35. The number of aliphatic hydroxyl groups excluding tert-OH is 1. The number of carbonyl (C=O) groups excluding carboxylic acids is 2. The minimum absolute atomic E-state index is 0.0859. The van der Waals surface area contributed by atoms with Crippen molar-refractivity contribution in [2.75, 3.05) is 36.4 Å². The number of nitrogens with one attached hydrogen (secondary N) is 2. The Hall–Kier alpha value is -4.71. The number of amides is 2. The van der Waals surface area contributed by atoms with Gasteiger partial charge < -0.3 is 25.2 Å². The van der Waals surface area contributed by atoms with Crippen molar-refractivity contribution in [1.82, 2.24) is 14.9 Å². The van der Waals surface area contributed by atoms with Crippen LogP contribution in [0.25, 0.3) is 11.3 Å². The van der Waals surface area contributed by atoms with Crippen molar-refractivity contribution >= 4 is 23.3 Å². The summed E-state index contributed by atoms with van der Waals surface area (Å²) in [7, 11) is 0. The number of H-pyrrole nitrogens is 1. The van der Waals surface area contributed by atoms with E-state index in [0.29, 0.717) is 24.5 Å². The van der Waals surface area contributed by atoms with Crippen LogP contribution in [0.5, 0.6) is 0 Å². The van der Waals surface area contributed by atoms with Crippen molar-refractivity contribution in [1.29, 1.82) is 0 Å². The topological polar surface area (TPSA) is 102 Å². The number of rotatable bonds is 6. The fraction of sp³-hybridized carbons (Fsp3) is 0.207. The maximum atomic E-state index is 14.0. The second-order valence-corrected chi connectivity index (χ2v) is 9.43. The number of piperazine rings is 1. The molecule has 0 bridgehead atoms. The van der Waals surface area contributed by atoms with Gasteiger partial charge in [-0.1, -0.05) is 48.5 Å². The van der Waals surface area contributed by atoms with Crippen molar-refractivity contribution in [3.8, 4) is 11.3 Å². The van der Waals surface area contributed by atoms with E-state index in [-0.39, 0.29) is 30.0 Å². The maximum Gasteiger partial charge on any atom is 0.418 e. The molecule has 3 heterocycles. The molecule has 0 radical (unpaired) electrons. The summed E-state index contributed by atoms with van der Waals surface area (Å²) in [6, 6.07) is 18.0. The van der Waals surface area contributed by atoms with Crippen LogP contribution in [0.15, 0.2) is 79.0 Å². The van der Waals surface area contributed by atoms with Gasteiger partial charge in [-0.05, 0) is 29.8 Å². The van der Waals surface area contributed by atoms with E-state index in [1.807, 2.05) is 4.90 Å². The lowest BCUT2D eigenvalue weighted by Crippen LogP contribution is -2.50. The fourth-order valence-corrected chi connectivity index (χ4v) is 4.63. The molecule has 0 spiro atoms. The summed E-state index contributed by atoms with van der Waals surface area (Å²) in [4.78, 5) is 35.7. The van der Waals surface area contributed by atoms with E-state index in [4.69, 9.17) is 0 Å². The summed E-state index contributed by atoms with van der Waals surface area (Å²) in [6.07, 6.45) is -5.01. The molecule has 212 valence electrons. The van der Waals surface area contributed by atoms with Gasteiger partial charge in [0.25, 0.3) is 11.8 Å². The van der Waals surface area contributed by atoms with Gasteiger partial charge in [-0.15, -0.1) is 0 Å². The van der Waals surface area contributed by atoms with Crippen molar-refractivity contribution < 1.29 is 32.3 Å². The van der Waals surface area contributed by atoms with Crippen LogP contribution in [0.4, 0.5) is 29.1 Å². The molecule has 4 aromatic rings. The van der Waals surface area contributed by atoms with Crippen LogP contribution in [0.3, 0.4) is 0 Å². The second-order valence-electron chi connectivity index (χ2n) is 9.43. The molecule has 1 saturated heterocycles. The van der Waals surface area contributed by atoms with Crippen LogP contribution in [0.1, 0.15) is 27.7 Å². The van der Waals surface area contributed by atoms with Gasteiger partial charge >= 0.3 is 6.18 Å². The molecule has 0 saturated carbocycles. The number of benzene rings is 2. The lowest BCUT2D eigenvalue weighted by atomic mass is 10.1. The normalized spacial score (nSPS) is 14.6. The minimum atomic E-state index is -4.74. The molecular formula is C29H25F4N5O3. The quantitative estimate of drug-likeness (QED) is 0.289. The summed E-state index contributed by atoms with van der Waals surface area (Å²) < 4.78 is 55.0. The Labute approximate surface area is 232 Å². The van der Waals surface area contributed by atoms with Crippen LogP contribution in [0, 0.1) is 5.82 Å². The highest BCUT2D eigenvalue weighted by molar-refractivity contribution is 6.04. The molecule has 1 unspecified atom stereocenters. The Balaban J connectivity index is 1.22. The zero-order valence-electron chi connectivity index (χ0n) is 21.5. The Morgan fingerprint density at radius 3 is 2.27 bits per heavy atom. The molecule has 1 atom stereocenters. The van der Waals surface area contributed by atoms with E-state index in [0.717, 1.165) is 6.07 Å². The monoisotopic (exact) mass is 567 g/mol. The smallest absolute Gasteiger partial charge is 0.378 e. The number of alkyl halides is 3. The van der Waals surface area contributed by atoms with Crippen LogP contribution in [-0.2, 0) is 11.0 Å². The first kappa shape index (κ1) is 27.8. The largest absolute Gasteiger partial charge is 0.418 e. The van der Waals surface area contributed by atoms with Crippen molar-refractivity contribution in [2.45, 2.75) is 12.3 Å². The average molecular weight is 568 g/mol. The molecule has 5 rings (SSSR count). The van der Waals surface area contributed by atoms with E-state index < -0.39 is 41.2 Å². The molecule has 1 aliphatic heterocycles. The zero-order valence-corrected chi connectivity index (χ0v) is 21.5. The van der Waals surface area contributed by atoms with Gasteiger partial charge in [-0.3, -0.25) is 9.59 Å². The van der Waals surface area contributed by atoms with E-state index in [2.05, 4.69) is 15.3 Å². The van der Waals surface area contributed by atoms with Crippen molar-refractivity contribution in [2.24, 2.45) is 0 Å². The predicted octanol–water partition coefficient (Wildman–Crippen LogP) is 4.87. The molecular weight excluding hydrogens is 542 g/mol. The summed E-state index contributed by atoms with van der Waals surface area (Å²) in [5.41, 5.74) is -0.909. The van der Waals surface area contributed by atoms with E-state index in [9.17, 15) is 32.3 Å². The molecule has 12 heteroatoms. The first-order valence-electron chi connectivity index (χ1n) is 12.7. The van der Waals surface area contributed by atoms with Crippen LogP contribution >= 0.6 is 0 Å². The van der Waals surface area contributed by atoms with Gasteiger partial charge in [0.15, 0.2) is 6.10 Å². The Morgan fingerprint density at radius 2 is 1.63 bits per heavy atom. The highest BCUT2D eigenvalue weighted by atomic mass is 19.4. The molecule has 1 aliphatic rings. The van der Waals surface area contributed by atoms with Gasteiger partial charge in [-0.2, -0.15) is 13.2 Å². The first-order valence-corrected chi connectivity index (χ1v) is 12.7. The number of nitrogens with zero attached hydrogens (tertiary/aromatic N) is 3.